The molecule has 0 bridgehead atoms. The van der Waals surface area contributed by atoms with Gasteiger partial charge in [0, 0.05) is 24.9 Å². The number of guanidine groups is 1. The fourth-order valence-corrected chi connectivity index (χ4v) is 2.16. The quantitative estimate of drug-likeness (QED) is 0.228. The molecular formula is C13H29IN4O3S. The van der Waals surface area contributed by atoms with E-state index in [-0.39, 0.29) is 47.7 Å². The Morgan fingerprint density at radius 1 is 1.18 bits per heavy atom. The van der Waals surface area contributed by atoms with Crippen molar-refractivity contribution in [2.45, 2.75) is 39.7 Å². The van der Waals surface area contributed by atoms with Crippen LogP contribution in [0.15, 0.2) is 4.99 Å². The highest BCUT2D eigenvalue weighted by Crippen LogP contribution is 1.97. The molecule has 132 valence electrons. The molecule has 1 amide bonds. The van der Waals surface area contributed by atoms with E-state index in [2.05, 4.69) is 20.9 Å². The van der Waals surface area contributed by atoms with Crippen LogP contribution < -0.4 is 16.0 Å². The summed E-state index contributed by atoms with van der Waals surface area (Å²) in [7, 11) is -2.94. The van der Waals surface area contributed by atoms with Crippen molar-refractivity contribution in [3.05, 3.63) is 0 Å². The number of aliphatic imine (C=N–C) groups is 1. The number of carbonyl (C=O) groups is 1. The van der Waals surface area contributed by atoms with E-state index in [9.17, 15) is 13.2 Å². The molecule has 0 aliphatic carbocycles. The highest BCUT2D eigenvalue weighted by atomic mass is 127. The minimum Gasteiger partial charge on any atom is -0.357 e. The van der Waals surface area contributed by atoms with Crippen molar-refractivity contribution >= 4 is 45.7 Å². The molecule has 0 rings (SSSR count). The van der Waals surface area contributed by atoms with E-state index in [1.165, 1.54) is 6.26 Å². The van der Waals surface area contributed by atoms with Gasteiger partial charge in [0.15, 0.2) is 5.96 Å². The zero-order valence-electron chi connectivity index (χ0n) is 14.0. The van der Waals surface area contributed by atoms with Gasteiger partial charge >= 0.3 is 0 Å². The van der Waals surface area contributed by atoms with Crippen molar-refractivity contribution in [1.29, 1.82) is 0 Å². The van der Waals surface area contributed by atoms with Crippen LogP contribution in [-0.4, -0.2) is 57.5 Å². The molecule has 0 saturated heterocycles. The monoisotopic (exact) mass is 448 g/mol. The van der Waals surface area contributed by atoms with Gasteiger partial charge < -0.3 is 16.0 Å². The first-order chi connectivity index (χ1) is 9.53. The summed E-state index contributed by atoms with van der Waals surface area (Å²) < 4.78 is 22.0. The number of nitrogens with one attached hydrogen (secondary N) is 3. The van der Waals surface area contributed by atoms with E-state index < -0.39 is 9.84 Å². The Bertz CT molecular complexity index is 458. The van der Waals surface area contributed by atoms with Crippen LogP contribution in [0.3, 0.4) is 0 Å². The standard InChI is InChI=1S/C13H28N4O3S.HI/c1-6-14-12(15-8-7-9-21(5,19)20)16-10-11(18)17-13(2,3)4;/h6-10H2,1-5H3,(H,17,18)(H2,14,15,16);1H. The van der Waals surface area contributed by atoms with Crippen LogP contribution in [0.4, 0.5) is 0 Å². The molecule has 0 aromatic heterocycles. The van der Waals surface area contributed by atoms with Crippen LogP contribution in [0.2, 0.25) is 0 Å². The maximum absolute atomic E-state index is 11.7. The molecule has 3 N–H and O–H groups in total. The second-order valence-electron chi connectivity index (χ2n) is 5.90. The molecule has 0 aliphatic rings. The van der Waals surface area contributed by atoms with E-state index in [0.717, 1.165) is 0 Å². The van der Waals surface area contributed by atoms with Crippen LogP contribution in [0.5, 0.6) is 0 Å². The van der Waals surface area contributed by atoms with Gasteiger partial charge in [0.2, 0.25) is 5.91 Å². The normalized spacial score (nSPS) is 12.3. The lowest BCUT2D eigenvalue weighted by Crippen LogP contribution is -2.43. The highest BCUT2D eigenvalue weighted by molar-refractivity contribution is 14.0. The molecular weight excluding hydrogens is 419 g/mol. The fraction of sp³-hybridized carbons (Fsp3) is 0.846. The maximum Gasteiger partial charge on any atom is 0.242 e. The number of rotatable bonds is 7. The minimum atomic E-state index is -2.94. The molecule has 0 saturated carbocycles. The average Bonchev–Trinajstić information content (AvgIpc) is 2.27. The maximum atomic E-state index is 11.7. The van der Waals surface area contributed by atoms with Gasteiger partial charge in [0.25, 0.3) is 0 Å². The summed E-state index contributed by atoms with van der Waals surface area (Å²) in [5.74, 6) is 0.482. The van der Waals surface area contributed by atoms with E-state index >= 15 is 0 Å². The molecule has 0 heterocycles. The van der Waals surface area contributed by atoms with Gasteiger partial charge in [-0.25, -0.2) is 13.4 Å². The van der Waals surface area contributed by atoms with Crippen molar-refractivity contribution in [2.75, 3.05) is 31.6 Å². The Labute approximate surface area is 151 Å². The zero-order valence-corrected chi connectivity index (χ0v) is 17.2. The fourth-order valence-electron chi connectivity index (χ4n) is 1.49. The molecule has 0 spiro atoms. The van der Waals surface area contributed by atoms with Crippen LogP contribution in [0, 0.1) is 0 Å². The van der Waals surface area contributed by atoms with Crippen LogP contribution in [-0.2, 0) is 14.6 Å². The molecule has 0 aromatic rings. The number of hydrogen-bond donors (Lipinski definition) is 3. The molecule has 9 heteroatoms. The zero-order chi connectivity index (χ0) is 16.5. The lowest BCUT2D eigenvalue weighted by molar-refractivity contribution is -0.121. The molecule has 0 aromatic carbocycles. The summed E-state index contributed by atoms with van der Waals surface area (Å²) in [6.45, 7) is 8.82. The van der Waals surface area contributed by atoms with Crippen LogP contribution in [0.25, 0.3) is 0 Å². The minimum absolute atomic E-state index is 0. The van der Waals surface area contributed by atoms with Gasteiger partial charge in [-0.05, 0) is 34.1 Å². The number of carbonyl (C=O) groups excluding carboxylic acids is 1. The second-order valence-corrected chi connectivity index (χ2v) is 8.16. The summed E-state index contributed by atoms with van der Waals surface area (Å²) in [4.78, 5) is 15.8. The number of halogens is 1. The van der Waals surface area contributed by atoms with Crippen molar-refractivity contribution in [3.8, 4) is 0 Å². The van der Waals surface area contributed by atoms with Crippen LogP contribution in [0.1, 0.15) is 34.1 Å². The molecule has 0 unspecified atom stereocenters. The number of hydrogen-bond acceptors (Lipinski definition) is 4. The third-order valence-corrected chi connectivity index (χ3v) is 3.25. The van der Waals surface area contributed by atoms with Crippen LogP contribution >= 0.6 is 24.0 Å². The van der Waals surface area contributed by atoms with Gasteiger partial charge in [-0.1, -0.05) is 0 Å². The first-order valence-electron chi connectivity index (χ1n) is 7.04. The summed E-state index contributed by atoms with van der Waals surface area (Å²) >= 11 is 0. The van der Waals surface area contributed by atoms with E-state index in [4.69, 9.17) is 0 Å². The van der Waals surface area contributed by atoms with Gasteiger partial charge in [-0.2, -0.15) is 0 Å². The van der Waals surface area contributed by atoms with Gasteiger partial charge in [-0.15, -0.1) is 24.0 Å². The van der Waals surface area contributed by atoms with E-state index in [1.807, 2.05) is 27.7 Å². The molecule has 0 aliphatic heterocycles. The SMILES string of the molecule is CCNC(=NCC(=O)NC(C)(C)C)NCCCS(C)(=O)=O.I. The summed E-state index contributed by atoms with van der Waals surface area (Å²) in [5, 5.41) is 8.84. The smallest absolute Gasteiger partial charge is 0.242 e. The summed E-state index contributed by atoms with van der Waals surface area (Å²) in [6.07, 6.45) is 1.71. The van der Waals surface area contributed by atoms with Gasteiger partial charge in [-0.3, -0.25) is 4.79 Å². The topological polar surface area (TPSA) is 99.7 Å². The molecule has 0 radical (unpaired) electrons. The summed E-state index contributed by atoms with van der Waals surface area (Å²) in [5.41, 5.74) is -0.284. The Hall–Kier alpha value is -0.580. The number of amides is 1. The second kappa shape index (κ2) is 11.0. The number of nitrogens with zero attached hydrogens (tertiary/aromatic N) is 1. The van der Waals surface area contributed by atoms with E-state index in [0.29, 0.717) is 25.5 Å². The summed E-state index contributed by atoms with van der Waals surface area (Å²) in [6, 6.07) is 0. The Balaban J connectivity index is 0. The highest BCUT2D eigenvalue weighted by Gasteiger charge is 2.13. The third kappa shape index (κ3) is 15.8. The average molecular weight is 448 g/mol. The predicted octanol–water partition coefficient (Wildman–Crippen LogP) is 0.509. The first-order valence-corrected chi connectivity index (χ1v) is 9.10. The molecule has 0 atom stereocenters. The number of sulfone groups is 1. The van der Waals surface area contributed by atoms with Crippen molar-refractivity contribution in [2.24, 2.45) is 4.99 Å². The first kappa shape index (κ1) is 23.7. The van der Waals surface area contributed by atoms with Crippen molar-refractivity contribution in [1.82, 2.24) is 16.0 Å². The van der Waals surface area contributed by atoms with Crippen molar-refractivity contribution in [3.63, 3.8) is 0 Å². The molecule has 22 heavy (non-hydrogen) atoms. The lowest BCUT2D eigenvalue weighted by Gasteiger charge is -2.20. The predicted molar refractivity (Wildman–Crippen MR) is 102 cm³/mol. The van der Waals surface area contributed by atoms with Gasteiger partial charge in [0.05, 0.1) is 5.75 Å². The Morgan fingerprint density at radius 3 is 2.23 bits per heavy atom. The van der Waals surface area contributed by atoms with Crippen molar-refractivity contribution < 1.29 is 13.2 Å². The Kier molecular flexibility index (Phi) is 11.9. The third-order valence-electron chi connectivity index (χ3n) is 2.22. The lowest BCUT2D eigenvalue weighted by atomic mass is 10.1. The molecule has 0 fully saturated rings. The Morgan fingerprint density at radius 2 is 1.77 bits per heavy atom. The largest absolute Gasteiger partial charge is 0.357 e. The van der Waals surface area contributed by atoms with E-state index in [1.54, 1.807) is 0 Å². The molecule has 7 nitrogen and oxygen atoms in total. The van der Waals surface area contributed by atoms with Gasteiger partial charge in [0.1, 0.15) is 16.4 Å².